The molecule has 2 aromatic rings. The largest absolute Gasteiger partial charge is 0.491 e. The average Bonchev–Trinajstić information content (AvgIpc) is 2.93. The van der Waals surface area contributed by atoms with Crippen molar-refractivity contribution in [3.8, 4) is 5.75 Å². The minimum atomic E-state index is -0.821. The molecule has 1 heterocycles. The van der Waals surface area contributed by atoms with Crippen LogP contribution in [0.2, 0.25) is 0 Å². The zero-order valence-electron chi connectivity index (χ0n) is 10.2. The topological polar surface area (TPSA) is 51.8 Å². The lowest BCUT2D eigenvalue weighted by atomic mass is 10.1. The van der Waals surface area contributed by atoms with Gasteiger partial charge < -0.3 is 19.0 Å². The van der Waals surface area contributed by atoms with E-state index in [0.29, 0.717) is 30.3 Å². The summed E-state index contributed by atoms with van der Waals surface area (Å²) >= 11 is 0. The number of aliphatic hydroxyl groups is 1. The second kappa shape index (κ2) is 6.23. The molecule has 1 aromatic heterocycles. The van der Waals surface area contributed by atoms with Gasteiger partial charge in [-0.3, -0.25) is 0 Å². The second-order valence-electron chi connectivity index (χ2n) is 3.80. The van der Waals surface area contributed by atoms with Crippen LogP contribution in [0.15, 0.2) is 47.1 Å². The fourth-order valence-corrected chi connectivity index (χ4v) is 1.67. The summed E-state index contributed by atoms with van der Waals surface area (Å²) in [5, 5.41) is 10.2. The zero-order valence-corrected chi connectivity index (χ0v) is 10.2. The standard InChI is InChI=1S/C14H16O4/c1-16-9-10-18-12-6-3-2-5-11(12)14(15)13-7-4-8-17-13/h2-8,14-15H,9-10H2,1H3. The summed E-state index contributed by atoms with van der Waals surface area (Å²) in [6.45, 7) is 0.948. The number of furan rings is 1. The van der Waals surface area contributed by atoms with Crippen LogP contribution in [-0.2, 0) is 4.74 Å². The molecule has 1 aromatic carbocycles. The summed E-state index contributed by atoms with van der Waals surface area (Å²) < 4.78 is 15.7. The third-order valence-corrected chi connectivity index (χ3v) is 2.57. The molecule has 0 saturated heterocycles. The van der Waals surface area contributed by atoms with Gasteiger partial charge in [-0.15, -0.1) is 0 Å². The SMILES string of the molecule is COCCOc1ccccc1C(O)c1ccco1. The Labute approximate surface area is 106 Å². The molecule has 1 atom stereocenters. The maximum Gasteiger partial charge on any atom is 0.140 e. The van der Waals surface area contributed by atoms with E-state index in [0.717, 1.165) is 0 Å². The molecule has 2 rings (SSSR count). The van der Waals surface area contributed by atoms with Crippen LogP contribution in [0, 0.1) is 0 Å². The van der Waals surface area contributed by atoms with Gasteiger partial charge in [0, 0.05) is 12.7 Å². The molecule has 4 nitrogen and oxygen atoms in total. The molecule has 0 fully saturated rings. The Morgan fingerprint density at radius 2 is 2.00 bits per heavy atom. The first-order valence-corrected chi connectivity index (χ1v) is 5.75. The van der Waals surface area contributed by atoms with Gasteiger partial charge in [0.05, 0.1) is 12.9 Å². The van der Waals surface area contributed by atoms with Crippen LogP contribution in [0.1, 0.15) is 17.4 Å². The van der Waals surface area contributed by atoms with Crippen molar-refractivity contribution in [2.75, 3.05) is 20.3 Å². The molecule has 0 aliphatic rings. The molecule has 0 bridgehead atoms. The Morgan fingerprint density at radius 3 is 2.72 bits per heavy atom. The van der Waals surface area contributed by atoms with Crippen molar-refractivity contribution in [2.24, 2.45) is 0 Å². The van der Waals surface area contributed by atoms with Crippen molar-refractivity contribution < 1.29 is 19.0 Å². The highest BCUT2D eigenvalue weighted by molar-refractivity contribution is 5.38. The van der Waals surface area contributed by atoms with Crippen LogP contribution in [0.5, 0.6) is 5.75 Å². The van der Waals surface area contributed by atoms with Crippen LogP contribution in [0.25, 0.3) is 0 Å². The normalized spacial score (nSPS) is 12.3. The molecule has 1 N–H and O–H groups in total. The van der Waals surface area contributed by atoms with Crippen molar-refractivity contribution in [2.45, 2.75) is 6.10 Å². The summed E-state index contributed by atoms with van der Waals surface area (Å²) in [6.07, 6.45) is 0.714. The summed E-state index contributed by atoms with van der Waals surface area (Å²) in [4.78, 5) is 0. The lowest BCUT2D eigenvalue weighted by Gasteiger charge is -2.14. The van der Waals surface area contributed by atoms with Gasteiger partial charge in [0.2, 0.25) is 0 Å². The summed E-state index contributed by atoms with van der Waals surface area (Å²) in [6, 6.07) is 10.8. The van der Waals surface area contributed by atoms with Crippen LogP contribution in [-0.4, -0.2) is 25.4 Å². The number of methoxy groups -OCH3 is 1. The number of rotatable bonds is 6. The Morgan fingerprint density at radius 1 is 1.17 bits per heavy atom. The molecular formula is C14H16O4. The number of hydrogen-bond donors (Lipinski definition) is 1. The van der Waals surface area contributed by atoms with Gasteiger partial charge in [0.25, 0.3) is 0 Å². The van der Waals surface area contributed by atoms with E-state index in [4.69, 9.17) is 13.9 Å². The van der Waals surface area contributed by atoms with Crippen LogP contribution >= 0.6 is 0 Å². The number of para-hydroxylation sites is 1. The Kier molecular flexibility index (Phi) is 4.39. The quantitative estimate of drug-likeness (QED) is 0.797. The third kappa shape index (κ3) is 2.91. The first kappa shape index (κ1) is 12.7. The van der Waals surface area contributed by atoms with Gasteiger partial charge in [0.1, 0.15) is 24.2 Å². The number of benzene rings is 1. The molecule has 0 amide bonds. The zero-order chi connectivity index (χ0) is 12.8. The van der Waals surface area contributed by atoms with Crippen LogP contribution < -0.4 is 4.74 Å². The van der Waals surface area contributed by atoms with Crippen molar-refractivity contribution in [1.29, 1.82) is 0 Å². The lowest BCUT2D eigenvalue weighted by Crippen LogP contribution is -2.08. The van der Waals surface area contributed by atoms with Gasteiger partial charge in [-0.1, -0.05) is 18.2 Å². The number of aliphatic hydroxyl groups excluding tert-OH is 1. The highest BCUT2D eigenvalue weighted by atomic mass is 16.5. The van der Waals surface area contributed by atoms with E-state index in [1.165, 1.54) is 6.26 Å². The maximum absolute atomic E-state index is 10.2. The molecule has 0 aliphatic heterocycles. The predicted molar refractivity (Wildman–Crippen MR) is 66.6 cm³/mol. The Balaban J connectivity index is 2.16. The molecule has 18 heavy (non-hydrogen) atoms. The van der Waals surface area contributed by atoms with Gasteiger partial charge in [0.15, 0.2) is 0 Å². The molecule has 0 saturated carbocycles. The minimum Gasteiger partial charge on any atom is -0.491 e. The van der Waals surface area contributed by atoms with Crippen molar-refractivity contribution >= 4 is 0 Å². The number of hydrogen-bond acceptors (Lipinski definition) is 4. The number of ether oxygens (including phenoxy) is 2. The molecule has 4 heteroatoms. The summed E-state index contributed by atoms with van der Waals surface area (Å²) in [7, 11) is 1.62. The average molecular weight is 248 g/mol. The molecule has 0 aliphatic carbocycles. The molecule has 1 unspecified atom stereocenters. The Bertz CT molecular complexity index is 464. The van der Waals surface area contributed by atoms with E-state index in [1.807, 2.05) is 24.3 Å². The van der Waals surface area contributed by atoms with E-state index < -0.39 is 6.10 Å². The molecular weight excluding hydrogens is 232 g/mol. The lowest BCUT2D eigenvalue weighted by molar-refractivity contribution is 0.140. The van der Waals surface area contributed by atoms with E-state index in [2.05, 4.69) is 0 Å². The fraction of sp³-hybridized carbons (Fsp3) is 0.286. The highest BCUT2D eigenvalue weighted by Crippen LogP contribution is 2.29. The molecule has 0 spiro atoms. The third-order valence-electron chi connectivity index (χ3n) is 2.57. The summed E-state index contributed by atoms with van der Waals surface area (Å²) in [5.74, 6) is 1.14. The highest BCUT2D eigenvalue weighted by Gasteiger charge is 2.17. The Hall–Kier alpha value is -1.78. The van der Waals surface area contributed by atoms with E-state index in [9.17, 15) is 5.11 Å². The van der Waals surface area contributed by atoms with Crippen molar-refractivity contribution in [1.82, 2.24) is 0 Å². The van der Waals surface area contributed by atoms with Crippen LogP contribution in [0.4, 0.5) is 0 Å². The molecule has 96 valence electrons. The molecule has 0 radical (unpaired) electrons. The smallest absolute Gasteiger partial charge is 0.140 e. The van der Waals surface area contributed by atoms with Gasteiger partial charge in [-0.2, -0.15) is 0 Å². The first-order chi connectivity index (χ1) is 8.83. The first-order valence-electron chi connectivity index (χ1n) is 5.75. The van der Waals surface area contributed by atoms with E-state index in [1.54, 1.807) is 19.2 Å². The minimum absolute atomic E-state index is 0.443. The van der Waals surface area contributed by atoms with Gasteiger partial charge >= 0.3 is 0 Å². The van der Waals surface area contributed by atoms with Gasteiger partial charge in [-0.05, 0) is 18.2 Å². The second-order valence-corrected chi connectivity index (χ2v) is 3.80. The summed E-state index contributed by atoms with van der Waals surface area (Å²) in [5.41, 5.74) is 0.684. The van der Waals surface area contributed by atoms with Crippen LogP contribution in [0.3, 0.4) is 0 Å². The predicted octanol–water partition coefficient (Wildman–Crippen LogP) is 2.39. The van der Waals surface area contributed by atoms with Crippen molar-refractivity contribution in [3.63, 3.8) is 0 Å². The fourth-order valence-electron chi connectivity index (χ4n) is 1.67. The maximum atomic E-state index is 10.2. The van der Waals surface area contributed by atoms with E-state index in [-0.39, 0.29) is 0 Å². The van der Waals surface area contributed by atoms with E-state index >= 15 is 0 Å². The monoisotopic (exact) mass is 248 g/mol. The van der Waals surface area contributed by atoms with Crippen molar-refractivity contribution in [3.05, 3.63) is 54.0 Å². The van der Waals surface area contributed by atoms with Gasteiger partial charge in [-0.25, -0.2) is 0 Å².